The van der Waals surface area contributed by atoms with E-state index in [2.05, 4.69) is 22.0 Å². The molecule has 0 saturated heterocycles. The lowest BCUT2D eigenvalue weighted by Gasteiger charge is -2.31. The van der Waals surface area contributed by atoms with E-state index in [4.69, 9.17) is 10.5 Å². The standard InChI is InChI=1S/C13H21N3O/c1-17-9-8-16(12-2-3-12)13(10-14)11-4-6-15-7-5-11/h4-7,12-13H,2-3,8-10,14H2,1H3. The molecule has 1 unspecified atom stereocenters. The van der Waals surface area contributed by atoms with Gasteiger partial charge in [-0.3, -0.25) is 9.88 Å². The molecule has 17 heavy (non-hydrogen) atoms. The van der Waals surface area contributed by atoms with E-state index < -0.39 is 0 Å². The first-order valence-electron chi connectivity index (χ1n) is 6.21. The molecule has 0 amide bonds. The maximum atomic E-state index is 5.94. The normalized spacial score (nSPS) is 17.4. The van der Waals surface area contributed by atoms with Crippen LogP contribution in [0.1, 0.15) is 24.4 Å². The molecule has 1 aliphatic rings. The van der Waals surface area contributed by atoms with Crippen molar-refractivity contribution in [1.29, 1.82) is 0 Å². The van der Waals surface area contributed by atoms with E-state index in [1.54, 1.807) is 7.11 Å². The summed E-state index contributed by atoms with van der Waals surface area (Å²) in [6, 6.07) is 5.09. The molecule has 1 saturated carbocycles. The summed E-state index contributed by atoms with van der Waals surface area (Å²) in [6.07, 6.45) is 6.23. The Kier molecular flexibility index (Phi) is 4.48. The van der Waals surface area contributed by atoms with Crippen LogP contribution in [0.25, 0.3) is 0 Å². The average molecular weight is 235 g/mol. The van der Waals surface area contributed by atoms with Gasteiger partial charge in [0.25, 0.3) is 0 Å². The molecule has 1 aliphatic carbocycles. The van der Waals surface area contributed by atoms with Crippen LogP contribution in [0.2, 0.25) is 0 Å². The van der Waals surface area contributed by atoms with Crippen molar-refractivity contribution in [2.45, 2.75) is 24.9 Å². The van der Waals surface area contributed by atoms with Crippen molar-refractivity contribution in [3.63, 3.8) is 0 Å². The zero-order valence-corrected chi connectivity index (χ0v) is 10.4. The number of ether oxygens (including phenoxy) is 1. The van der Waals surface area contributed by atoms with Crippen molar-refractivity contribution in [2.24, 2.45) is 5.73 Å². The maximum Gasteiger partial charge on any atom is 0.0590 e. The Morgan fingerprint density at radius 1 is 1.47 bits per heavy atom. The third-order valence-corrected chi connectivity index (χ3v) is 3.28. The summed E-state index contributed by atoms with van der Waals surface area (Å²) in [5.41, 5.74) is 7.20. The zero-order valence-electron chi connectivity index (χ0n) is 10.4. The number of hydrogen-bond donors (Lipinski definition) is 1. The van der Waals surface area contributed by atoms with Gasteiger partial charge in [-0.05, 0) is 30.5 Å². The Labute approximate surface area is 103 Å². The Balaban J connectivity index is 2.08. The Hall–Kier alpha value is -0.970. The number of nitrogens with zero attached hydrogens (tertiary/aromatic N) is 2. The Morgan fingerprint density at radius 2 is 2.18 bits per heavy atom. The van der Waals surface area contributed by atoms with Gasteiger partial charge >= 0.3 is 0 Å². The molecule has 0 spiro atoms. The second-order valence-electron chi connectivity index (χ2n) is 4.49. The molecule has 1 fully saturated rings. The number of methoxy groups -OCH3 is 1. The third-order valence-electron chi connectivity index (χ3n) is 3.28. The molecule has 0 radical (unpaired) electrons. The van der Waals surface area contributed by atoms with Crippen molar-refractivity contribution in [2.75, 3.05) is 26.8 Å². The summed E-state index contributed by atoms with van der Waals surface area (Å²) in [6.45, 7) is 2.35. The number of rotatable bonds is 7. The minimum Gasteiger partial charge on any atom is -0.383 e. The Bertz CT molecular complexity index is 327. The van der Waals surface area contributed by atoms with Crippen LogP contribution in [0, 0.1) is 0 Å². The highest BCUT2D eigenvalue weighted by Gasteiger charge is 2.33. The van der Waals surface area contributed by atoms with E-state index in [1.165, 1.54) is 18.4 Å². The van der Waals surface area contributed by atoms with Crippen molar-refractivity contribution < 1.29 is 4.74 Å². The predicted octanol–water partition coefficient (Wildman–Crippen LogP) is 1.19. The molecule has 0 aromatic carbocycles. The molecule has 2 rings (SSSR count). The van der Waals surface area contributed by atoms with E-state index in [0.717, 1.165) is 13.2 Å². The summed E-state index contributed by atoms with van der Waals surface area (Å²) >= 11 is 0. The molecule has 1 heterocycles. The van der Waals surface area contributed by atoms with Gasteiger partial charge in [0.1, 0.15) is 0 Å². The van der Waals surface area contributed by atoms with Crippen molar-refractivity contribution >= 4 is 0 Å². The van der Waals surface area contributed by atoms with E-state index in [9.17, 15) is 0 Å². The van der Waals surface area contributed by atoms with Gasteiger partial charge in [0.15, 0.2) is 0 Å². The monoisotopic (exact) mass is 235 g/mol. The lowest BCUT2D eigenvalue weighted by atomic mass is 10.1. The van der Waals surface area contributed by atoms with Crippen LogP contribution in [0.4, 0.5) is 0 Å². The Morgan fingerprint density at radius 3 is 2.71 bits per heavy atom. The zero-order chi connectivity index (χ0) is 12.1. The molecular weight excluding hydrogens is 214 g/mol. The number of hydrogen-bond acceptors (Lipinski definition) is 4. The van der Waals surface area contributed by atoms with Gasteiger partial charge < -0.3 is 10.5 Å². The molecule has 0 bridgehead atoms. The second kappa shape index (κ2) is 6.10. The first-order chi connectivity index (χ1) is 8.36. The quantitative estimate of drug-likeness (QED) is 0.771. The van der Waals surface area contributed by atoms with Crippen LogP contribution >= 0.6 is 0 Å². The lowest BCUT2D eigenvalue weighted by molar-refractivity contribution is 0.115. The summed E-state index contributed by atoms with van der Waals surface area (Å²) in [5.74, 6) is 0. The fraction of sp³-hybridized carbons (Fsp3) is 0.615. The molecule has 4 heteroatoms. The molecule has 1 atom stereocenters. The number of pyridine rings is 1. The van der Waals surface area contributed by atoms with Crippen molar-refractivity contribution in [3.05, 3.63) is 30.1 Å². The highest BCUT2D eigenvalue weighted by molar-refractivity contribution is 5.16. The van der Waals surface area contributed by atoms with Crippen LogP contribution in [0.15, 0.2) is 24.5 Å². The lowest BCUT2D eigenvalue weighted by Crippen LogP contribution is -2.37. The third kappa shape index (κ3) is 3.25. The van der Waals surface area contributed by atoms with E-state index in [0.29, 0.717) is 18.6 Å². The number of nitrogens with two attached hydrogens (primary N) is 1. The van der Waals surface area contributed by atoms with Crippen molar-refractivity contribution in [3.8, 4) is 0 Å². The molecule has 1 aromatic rings. The predicted molar refractivity (Wildman–Crippen MR) is 67.6 cm³/mol. The maximum absolute atomic E-state index is 5.94. The molecule has 1 aromatic heterocycles. The molecule has 0 aliphatic heterocycles. The van der Waals surface area contributed by atoms with Gasteiger partial charge in [0, 0.05) is 44.7 Å². The molecular formula is C13H21N3O. The average Bonchev–Trinajstić information content (AvgIpc) is 3.20. The van der Waals surface area contributed by atoms with Gasteiger partial charge in [-0.1, -0.05) is 0 Å². The fourth-order valence-corrected chi connectivity index (χ4v) is 2.24. The summed E-state index contributed by atoms with van der Waals surface area (Å²) in [7, 11) is 1.75. The minimum atomic E-state index is 0.292. The topological polar surface area (TPSA) is 51.4 Å². The highest BCUT2D eigenvalue weighted by atomic mass is 16.5. The van der Waals surface area contributed by atoms with Crippen molar-refractivity contribution in [1.82, 2.24) is 9.88 Å². The van der Waals surface area contributed by atoms with Crippen LogP contribution in [0.5, 0.6) is 0 Å². The number of aromatic nitrogens is 1. The molecule has 4 nitrogen and oxygen atoms in total. The van der Waals surface area contributed by atoms with E-state index >= 15 is 0 Å². The molecule has 94 valence electrons. The van der Waals surface area contributed by atoms with Gasteiger partial charge in [-0.25, -0.2) is 0 Å². The van der Waals surface area contributed by atoms with E-state index in [-0.39, 0.29) is 0 Å². The van der Waals surface area contributed by atoms with Gasteiger partial charge in [0.05, 0.1) is 6.61 Å². The fourth-order valence-electron chi connectivity index (χ4n) is 2.24. The second-order valence-corrected chi connectivity index (χ2v) is 4.49. The summed E-state index contributed by atoms with van der Waals surface area (Å²) in [5, 5.41) is 0. The van der Waals surface area contributed by atoms with Gasteiger partial charge in [-0.2, -0.15) is 0 Å². The van der Waals surface area contributed by atoms with Crippen LogP contribution < -0.4 is 5.73 Å². The first-order valence-corrected chi connectivity index (χ1v) is 6.21. The summed E-state index contributed by atoms with van der Waals surface area (Å²) < 4.78 is 5.19. The van der Waals surface area contributed by atoms with Crippen LogP contribution in [0.3, 0.4) is 0 Å². The smallest absolute Gasteiger partial charge is 0.0590 e. The summed E-state index contributed by atoms with van der Waals surface area (Å²) in [4.78, 5) is 6.53. The van der Waals surface area contributed by atoms with Crippen LogP contribution in [-0.4, -0.2) is 42.7 Å². The van der Waals surface area contributed by atoms with Gasteiger partial charge in [-0.15, -0.1) is 0 Å². The van der Waals surface area contributed by atoms with E-state index in [1.807, 2.05) is 12.4 Å². The SMILES string of the molecule is COCCN(C1CC1)C(CN)c1ccncc1. The van der Waals surface area contributed by atoms with Crippen LogP contribution in [-0.2, 0) is 4.74 Å². The first kappa shape index (κ1) is 12.5. The minimum absolute atomic E-state index is 0.292. The molecule has 2 N–H and O–H groups in total. The largest absolute Gasteiger partial charge is 0.383 e. The highest BCUT2D eigenvalue weighted by Crippen LogP contribution is 2.33. The van der Waals surface area contributed by atoms with Gasteiger partial charge in [0.2, 0.25) is 0 Å².